The van der Waals surface area contributed by atoms with Gasteiger partial charge in [0, 0.05) is 0 Å². The van der Waals surface area contributed by atoms with Crippen molar-refractivity contribution in [3.05, 3.63) is 0 Å². The minimum absolute atomic E-state index is 0.000591. The topological polar surface area (TPSA) is 52.6 Å². The summed E-state index contributed by atoms with van der Waals surface area (Å²) in [7, 11) is 0. The number of esters is 1. The van der Waals surface area contributed by atoms with Crippen LogP contribution in [0.3, 0.4) is 0 Å². The summed E-state index contributed by atoms with van der Waals surface area (Å²) < 4.78 is 9.71. The summed E-state index contributed by atoms with van der Waals surface area (Å²) in [5.74, 6) is 1.00. The van der Waals surface area contributed by atoms with E-state index in [1.807, 2.05) is 13.8 Å². The van der Waals surface area contributed by atoms with E-state index in [1.54, 1.807) is 0 Å². The molecule has 4 nitrogen and oxygen atoms in total. The molecule has 0 aromatic heterocycles. The SMILES string of the molecule is CCC(CC)COC(=O)C(C)C.CCC(CC)COC=O. The first-order valence-corrected chi connectivity index (χ1v) is 8.18. The van der Waals surface area contributed by atoms with E-state index in [-0.39, 0.29) is 11.9 Å². The maximum absolute atomic E-state index is 11.1. The Kier molecular flexibility index (Phi) is 16.2. The molecular formula is C17H34O4. The monoisotopic (exact) mass is 302 g/mol. The number of hydrogen-bond acceptors (Lipinski definition) is 4. The van der Waals surface area contributed by atoms with Crippen LogP contribution in [0, 0.1) is 17.8 Å². The quantitative estimate of drug-likeness (QED) is 0.448. The largest absolute Gasteiger partial charge is 0.468 e. The lowest BCUT2D eigenvalue weighted by Crippen LogP contribution is -2.16. The molecule has 0 rings (SSSR count). The van der Waals surface area contributed by atoms with Crippen LogP contribution in [0.1, 0.15) is 67.2 Å². The average Bonchev–Trinajstić information content (AvgIpc) is 2.49. The van der Waals surface area contributed by atoms with Crippen LogP contribution < -0.4 is 0 Å². The number of hydrogen-bond donors (Lipinski definition) is 0. The highest BCUT2D eigenvalue weighted by Gasteiger charge is 2.11. The first kappa shape index (κ1) is 22.2. The molecule has 4 heteroatoms. The van der Waals surface area contributed by atoms with E-state index in [9.17, 15) is 9.59 Å². The molecule has 0 saturated heterocycles. The van der Waals surface area contributed by atoms with Crippen LogP contribution in [0.5, 0.6) is 0 Å². The summed E-state index contributed by atoms with van der Waals surface area (Å²) in [4.78, 5) is 20.8. The van der Waals surface area contributed by atoms with Crippen molar-refractivity contribution in [1.29, 1.82) is 0 Å². The van der Waals surface area contributed by atoms with Crippen LogP contribution in [0.4, 0.5) is 0 Å². The van der Waals surface area contributed by atoms with Gasteiger partial charge in [0.2, 0.25) is 0 Å². The van der Waals surface area contributed by atoms with E-state index < -0.39 is 0 Å². The molecule has 0 heterocycles. The van der Waals surface area contributed by atoms with Gasteiger partial charge in [0.1, 0.15) is 0 Å². The summed E-state index contributed by atoms with van der Waals surface area (Å²) in [5.41, 5.74) is 0. The van der Waals surface area contributed by atoms with E-state index in [4.69, 9.17) is 4.74 Å². The molecule has 0 aliphatic carbocycles. The predicted molar refractivity (Wildman–Crippen MR) is 86.0 cm³/mol. The van der Waals surface area contributed by atoms with Gasteiger partial charge in [-0.2, -0.15) is 0 Å². The molecule has 0 spiro atoms. The Hall–Kier alpha value is -1.06. The Morgan fingerprint density at radius 3 is 1.67 bits per heavy atom. The van der Waals surface area contributed by atoms with Gasteiger partial charge in [-0.15, -0.1) is 0 Å². The number of ether oxygens (including phenoxy) is 2. The first-order valence-electron chi connectivity index (χ1n) is 8.18. The molecule has 0 fully saturated rings. The molecule has 21 heavy (non-hydrogen) atoms. The summed E-state index contributed by atoms with van der Waals surface area (Å²) in [6, 6.07) is 0. The third-order valence-corrected chi connectivity index (χ3v) is 3.64. The molecule has 0 amide bonds. The van der Waals surface area contributed by atoms with Gasteiger partial charge in [-0.05, 0) is 11.8 Å². The van der Waals surface area contributed by atoms with Crippen molar-refractivity contribution in [2.45, 2.75) is 67.2 Å². The molecule has 0 radical (unpaired) electrons. The van der Waals surface area contributed by atoms with Crippen molar-refractivity contribution in [1.82, 2.24) is 0 Å². The molecular weight excluding hydrogens is 268 g/mol. The van der Waals surface area contributed by atoms with Crippen LogP contribution >= 0.6 is 0 Å². The van der Waals surface area contributed by atoms with Crippen LogP contribution in [0.15, 0.2) is 0 Å². The fourth-order valence-electron chi connectivity index (χ4n) is 1.59. The Balaban J connectivity index is 0. The standard InChI is InChI=1S/C10H20O2.C7H14O2/c1-5-9(6-2)7-12-10(11)8(3)4;1-3-7(4-2)5-9-6-8/h8-9H,5-7H2,1-4H3;6-7H,3-5H2,1-2H3. The van der Waals surface area contributed by atoms with Gasteiger partial charge < -0.3 is 9.47 Å². The molecule has 0 bridgehead atoms. The molecule has 0 N–H and O–H groups in total. The van der Waals surface area contributed by atoms with Crippen molar-refractivity contribution in [3.63, 3.8) is 0 Å². The number of carbonyl (C=O) groups is 2. The fraction of sp³-hybridized carbons (Fsp3) is 0.882. The zero-order valence-electron chi connectivity index (χ0n) is 14.7. The maximum atomic E-state index is 11.1. The minimum atomic E-state index is -0.0816. The summed E-state index contributed by atoms with van der Waals surface area (Å²) in [5, 5.41) is 0. The maximum Gasteiger partial charge on any atom is 0.308 e. The highest BCUT2D eigenvalue weighted by molar-refractivity contribution is 5.71. The van der Waals surface area contributed by atoms with Crippen molar-refractivity contribution in [2.24, 2.45) is 17.8 Å². The highest BCUT2D eigenvalue weighted by atomic mass is 16.5. The van der Waals surface area contributed by atoms with Crippen molar-refractivity contribution in [2.75, 3.05) is 13.2 Å². The smallest absolute Gasteiger partial charge is 0.308 e. The summed E-state index contributed by atoms with van der Waals surface area (Å²) >= 11 is 0. The third kappa shape index (κ3) is 13.7. The van der Waals surface area contributed by atoms with E-state index in [0.29, 0.717) is 31.5 Å². The van der Waals surface area contributed by atoms with Gasteiger partial charge in [0.15, 0.2) is 0 Å². The van der Waals surface area contributed by atoms with Crippen LogP contribution in [-0.2, 0) is 19.1 Å². The molecule has 0 unspecified atom stereocenters. The molecule has 126 valence electrons. The van der Waals surface area contributed by atoms with Gasteiger partial charge in [0.25, 0.3) is 6.47 Å². The number of carbonyl (C=O) groups excluding carboxylic acids is 2. The Labute approximate surface area is 130 Å². The zero-order valence-corrected chi connectivity index (χ0v) is 14.7. The lowest BCUT2D eigenvalue weighted by atomic mass is 10.1. The molecule has 0 aromatic carbocycles. The molecule has 0 atom stereocenters. The summed E-state index contributed by atoms with van der Waals surface area (Å²) in [6.45, 7) is 13.8. The second-order valence-corrected chi connectivity index (χ2v) is 5.58. The lowest BCUT2D eigenvalue weighted by Gasteiger charge is -2.13. The lowest BCUT2D eigenvalue weighted by molar-refractivity contribution is -0.148. The molecule has 0 aliphatic rings. The van der Waals surface area contributed by atoms with Gasteiger partial charge in [-0.1, -0.05) is 67.2 Å². The highest BCUT2D eigenvalue weighted by Crippen LogP contribution is 2.09. The van der Waals surface area contributed by atoms with Gasteiger partial charge in [-0.25, -0.2) is 0 Å². The van der Waals surface area contributed by atoms with Gasteiger partial charge >= 0.3 is 5.97 Å². The predicted octanol–water partition coefficient (Wildman–Crippen LogP) is 4.22. The van der Waals surface area contributed by atoms with Crippen LogP contribution in [-0.4, -0.2) is 25.7 Å². The van der Waals surface area contributed by atoms with Gasteiger partial charge in [0.05, 0.1) is 19.1 Å². The van der Waals surface area contributed by atoms with E-state index >= 15 is 0 Å². The Bertz CT molecular complexity index is 243. The van der Waals surface area contributed by atoms with Crippen molar-refractivity contribution >= 4 is 12.4 Å². The zero-order chi connectivity index (χ0) is 16.7. The summed E-state index contributed by atoms with van der Waals surface area (Å²) in [6.07, 6.45) is 4.35. The average molecular weight is 302 g/mol. The molecule has 0 aromatic rings. The number of rotatable bonds is 10. The Morgan fingerprint density at radius 1 is 0.905 bits per heavy atom. The third-order valence-electron chi connectivity index (χ3n) is 3.64. The van der Waals surface area contributed by atoms with E-state index in [0.717, 1.165) is 25.7 Å². The molecule has 0 aliphatic heterocycles. The van der Waals surface area contributed by atoms with Crippen LogP contribution in [0.25, 0.3) is 0 Å². The van der Waals surface area contributed by atoms with E-state index in [2.05, 4.69) is 32.4 Å². The van der Waals surface area contributed by atoms with Crippen LogP contribution in [0.2, 0.25) is 0 Å². The first-order chi connectivity index (χ1) is 9.96. The fourth-order valence-corrected chi connectivity index (χ4v) is 1.59. The van der Waals surface area contributed by atoms with Gasteiger partial charge in [-0.3, -0.25) is 9.59 Å². The Morgan fingerprint density at radius 2 is 1.33 bits per heavy atom. The normalized spacial score (nSPS) is 10.3. The van der Waals surface area contributed by atoms with E-state index in [1.165, 1.54) is 0 Å². The molecule has 0 saturated carbocycles. The minimum Gasteiger partial charge on any atom is -0.468 e. The van der Waals surface area contributed by atoms with Crippen molar-refractivity contribution in [3.8, 4) is 0 Å². The second-order valence-electron chi connectivity index (χ2n) is 5.58. The van der Waals surface area contributed by atoms with Crippen molar-refractivity contribution < 1.29 is 19.1 Å². The second kappa shape index (κ2) is 15.3.